The molecule has 2 aromatic rings. The van der Waals surface area contributed by atoms with E-state index in [-0.39, 0.29) is 23.1 Å². The summed E-state index contributed by atoms with van der Waals surface area (Å²) < 4.78 is 54.6. The molecule has 0 bridgehead atoms. The average Bonchev–Trinajstić information content (AvgIpc) is 3.53. The number of likely N-dealkylation sites (tertiary alicyclic amines) is 2. The van der Waals surface area contributed by atoms with E-state index in [0.717, 1.165) is 108 Å². The number of nitrogens with zero attached hydrogens (tertiary/aromatic N) is 4. The van der Waals surface area contributed by atoms with E-state index in [1.807, 2.05) is 34.1 Å². The summed E-state index contributed by atoms with van der Waals surface area (Å²) in [7, 11) is 1.63. The lowest BCUT2D eigenvalue weighted by Gasteiger charge is -2.55. The van der Waals surface area contributed by atoms with Crippen molar-refractivity contribution in [1.29, 1.82) is 0 Å². The molecule has 0 radical (unpaired) electrons. The molecule has 1 N–H and O–H groups in total. The number of carboxylic acid groups (broad SMARTS) is 1. The number of carbonyl (C=O) groups excluding carboxylic acids is 2. The molecule has 1 aromatic carbocycles. The maximum Gasteiger partial charge on any atom is 0.490 e. The molecule has 15 heteroatoms. The number of hydrogen-bond donors (Lipinski definition) is 1. The average molecular weight is 751 g/mol. The number of aliphatic carboxylic acids is 1. The van der Waals surface area contributed by atoms with Crippen molar-refractivity contribution in [3.05, 3.63) is 35.6 Å². The van der Waals surface area contributed by atoms with Crippen LogP contribution in [0.15, 0.2) is 28.8 Å². The van der Waals surface area contributed by atoms with Crippen LogP contribution in [0.25, 0.3) is 11.3 Å². The SMILES string of the molecule is CCCCC1CN(CC2CCOCC2)C(=O)OC12CCN(C1(C)CCN(C(=O)c3c(-c4ccc(OC)cc4)noc3C)CC1)CC2.O=C(O)C(F)(F)F. The fraction of sp³-hybridized carbons (Fsp3) is 0.684. The summed E-state index contributed by atoms with van der Waals surface area (Å²) in [4.78, 5) is 42.7. The Bertz CT molecular complexity index is 1540. The van der Waals surface area contributed by atoms with Gasteiger partial charge in [0.05, 0.1) is 7.11 Å². The molecule has 53 heavy (non-hydrogen) atoms. The molecule has 294 valence electrons. The fourth-order valence-corrected chi connectivity index (χ4v) is 8.19. The first kappa shape index (κ1) is 40.3. The summed E-state index contributed by atoms with van der Waals surface area (Å²) in [5.74, 6) is -0.622. The largest absolute Gasteiger partial charge is 0.497 e. The van der Waals surface area contributed by atoms with Gasteiger partial charge >= 0.3 is 18.2 Å². The van der Waals surface area contributed by atoms with Crippen molar-refractivity contribution < 1.29 is 51.4 Å². The molecule has 6 rings (SSSR count). The van der Waals surface area contributed by atoms with Gasteiger partial charge in [-0.15, -0.1) is 0 Å². The number of piperidine rings is 2. The van der Waals surface area contributed by atoms with Crippen molar-refractivity contribution in [1.82, 2.24) is 19.9 Å². The van der Waals surface area contributed by atoms with Crippen LogP contribution < -0.4 is 4.74 Å². The molecule has 4 saturated heterocycles. The molecule has 12 nitrogen and oxygen atoms in total. The number of amides is 2. The van der Waals surface area contributed by atoms with Gasteiger partial charge in [0.15, 0.2) is 0 Å². The second kappa shape index (κ2) is 17.1. The number of aryl methyl sites for hydroxylation is 1. The smallest absolute Gasteiger partial charge is 0.490 e. The number of ether oxygens (including phenoxy) is 3. The lowest BCUT2D eigenvalue weighted by Crippen LogP contribution is -2.64. The molecule has 1 spiro atoms. The highest BCUT2D eigenvalue weighted by atomic mass is 19.4. The number of hydrogen-bond acceptors (Lipinski definition) is 9. The number of halogens is 3. The zero-order valence-electron chi connectivity index (χ0n) is 31.2. The fourth-order valence-electron chi connectivity index (χ4n) is 8.19. The molecule has 2 amide bonds. The number of methoxy groups -OCH3 is 1. The van der Waals surface area contributed by atoms with Crippen LogP contribution in [0.1, 0.15) is 87.8 Å². The molecular formula is C38H53F3N4O8. The Labute approximate surface area is 308 Å². The first-order valence-electron chi connectivity index (χ1n) is 18.7. The normalized spacial score (nSPS) is 22.2. The third kappa shape index (κ3) is 9.45. The predicted octanol–water partition coefficient (Wildman–Crippen LogP) is 6.81. The number of carbonyl (C=O) groups is 3. The van der Waals surface area contributed by atoms with Gasteiger partial charge in [-0.3, -0.25) is 9.69 Å². The van der Waals surface area contributed by atoms with E-state index >= 15 is 0 Å². The summed E-state index contributed by atoms with van der Waals surface area (Å²) in [6, 6.07) is 7.55. The van der Waals surface area contributed by atoms with Gasteiger partial charge in [0.2, 0.25) is 0 Å². The maximum absolute atomic E-state index is 13.8. The van der Waals surface area contributed by atoms with Crippen LogP contribution in [0.5, 0.6) is 5.75 Å². The quantitative estimate of drug-likeness (QED) is 0.292. The Hall–Kier alpha value is -3.85. The number of rotatable bonds is 9. The zero-order valence-corrected chi connectivity index (χ0v) is 31.2. The summed E-state index contributed by atoms with van der Waals surface area (Å²) in [6.07, 6.45) is 3.79. The first-order chi connectivity index (χ1) is 25.2. The highest BCUT2D eigenvalue weighted by Crippen LogP contribution is 2.44. The highest BCUT2D eigenvalue weighted by molar-refractivity contribution is 6.00. The molecule has 0 aliphatic carbocycles. The van der Waals surface area contributed by atoms with Crippen LogP contribution in [0.3, 0.4) is 0 Å². The van der Waals surface area contributed by atoms with Crippen LogP contribution in [0, 0.1) is 18.8 Å². The van der Waals surface area contributed by atoms with Gasteiger partial charge in [-0.05, 0) is 76.1 Å². The van der Waals surface area contributed by atoms with Crippen molar-refractivity contribution in [2.75, 3.05) is 59.6 Å². The van der Waals surface area contributed by atoms with Crippen LogP contribution in [0.2, 0.25) is 0 Å². The van der Waals surface area contributed by atoms with Gasteiger partial charge in [0.1, 0.15) is 28.4 Å². The number of alkyl halides is 3. The second-order valence-corrected chi connectivity index (χ2v) is 15.0. The van der Waals surface area contributed by atoms with Gasteiger partial charge in [0, 0.05) is 82.3 Å². The summed E-state index contributed by atoms with van der Waals surface area (Å²) in [6.45, 7) is 12.8. The minimum atomic E-state index is -5.08. The van der Waals surface area contributed by atoms with Crippen molar-refractivity contribution in [2.24, 2.45) is 11.8 Å². The van der Waals surface area contributed by atoms with Crippen molar-refractivity contribution in [3.8, 4) is 17.0 Å². The van der Waals surface area contributed by atoms with E-state index in [1.165, 1.54) is 0 Å². The van der Waals surface area contributed by atoms with E-state index < -0.39 is 12.1 Å². The second-order valence-electron chi connectivity index (χ2n) is 15.0. The Morgan fingerprint density at radius 2 is 1.66 bits per heavy atom. The Morgan fingerprint density at radius 1 is 1.04 bits per heavy atom. The third-order valence-corrected chi connectivity index (χ3v) is 11.6. The number of aromatic nitrogens is 1. The third-order valence-electron chi connectivity index (χ3n) is 11.6. The van der Waals surface area contributed by atoms with Crippen LogP contribution in [0.4, 0.5) is 18.0 Å². The molecule has 1 aromatic heterocycles. The number of benzene rings is 1. The van der Waals surface area contributed by atoms with E-state index in [1.54, 1.807) is 14.0 Å². The molecule has 1 unspecified atom stereocenters. The predicted molar refractivity (Wildman–Crippen MR) is 189 cm³/mol. The standard InChI is InChI=1S/C36H52N4O6.C2HF3O2/c1-5-6-7-29-25-39(24-27-12-22-44-23-13-27)34(42)45-36(29)16-20-40(21-17-36)35(3)14-18-38(19-15-35)33(41)31-26(2)46-37-32(31)28-8-10-30(43-4)11-9-28;3-2(4,5)1(6)7/h8-11,27,29H,5-7,12-25H2,1-4H3;(H,6,7). The molecule has 0 saturated carbocycles. The van der Waals surface area contributed by atoms with Crippen LogP contribution in [-0.4, -0.2) is 120 Å². The molecular weight excluding hydrogens is 697 g/mol. The lowest BCUT2D eigenvalue weighted by molar-refractivity contribution is -0.192. The van der Waals surface area contributed by atoms with Gasteiger partial charge in [-0.2, -0.15) is 13.2 Å². The number of unbranched alkanes of at least 4 members (excludes halogenated alkanes) is 1. The van der Waals surface area contributed by atoms with Crippen molar-refractivity contribution >= 4 is 18.0 Å². The molecule has 5 heterocycles. The van der Waals surface area contributed by atoms with Gasteiger partial charge in [0.25, 0.3) is 5.91 Å². The summed E-state index contributed by atoms with van der Waals surface area (Å²) >= 11 is 0. The Kier molecular flexibility index (Phi) is 13.0. The monoisotopic (exact) mass is 750 g/mol. The summed E-state index contributed by atoms with van der Waals surface area (Å²) in [5, 5.41) is 11.4. The van der Waals surface area contributed by atoms with Crippen LogP contribution in [-0.2, 0) is 14.3 Å². The van der Waals surface area contributed by atoms with Crippen molar-refractivity contribution in [3.63, 3.8) is 0 Å². The highest BCUT2D eigenvalue weighted by Gasteiger charge is 2.52. The Balaban J connectivity index is 0.000000705. The van der Waals surface area contributed by atoms with E-state index in [9.17, 15) is 22.8 Å². The van der Waals surface area contributed by atoms with E-state index in [0.29, 0.717) is 41.9 Å². The van der Waals surface area contributed by atoms with Gasteiger partial charge in [-0.25, -0.2) is 9.59 Å². The molecule has 1 atom stereocenters. The molecule has 4 fully saturated rings. The minimum absolute atomic E-state index is 0.00638. The molecule has 4 aliphatic rings. The molecule has 4 aliphatic heterocycles. The summed E-state index contributed by atoms with van der Waals surface area (Å²) in [5.41, 5.74) is 1.57. The van der Waals surface area contributed by atoms with Crippen LogP contribution >= 0.6 is 0 Å². The lowest BCUT2D eigenvalue weighted by atomic mass is 9.74. The van der Waals surface area contributed by atoms with Gasteiger partial charge < -0.3 is 33.6 Å². The topological polar surface area (TPSA) is 135 Å². The van der Waals surface area contributed by atoms with Gasteiger partial charge in [-0.1, -0.05) is 24.9 Å². The van der Waals surface area contributed by atoms with E-state index in [2.05, 4.69) is 23.9 Å². The van der Waals surface area contributed by atoms with E-state index in [4.69, 9.17) is 28.6 Å². The zero-order chi connectivity index (χ0) is 38.4. The first-order valence-corrected chi connectivity index (χ1v) is 18.7. The van der Waals surface area contributed by atoms with Crippen molar-refractivity contribution in [2.45, 2.75) is 95.9 Å². The minimum Gasteiger partial charge on any atom is -0.497 e. The Morgan fingerprint density at radius 3 is 2.23 bits per heavy atom. The maximum atomic E-state index is 13.8. The number of carboxylic acids is 1.